The summed E-state index contributed by atoms with van der Waals surface area (Å²) in [7, 11) is 0. The second kappa shape index (κ2) is 6.37. The second-order valence-electron chi connectivity index (χ2n) is 5.87. The first-order chi connectivity index (χ1) is 9.08. The number of carbonyl (C=O) groups is 2. The van der Waals surface area contributed by atoms with Gasteiger partial charge in [-0.15, -0.1) is 0 Å². The van der Waals surface area contributed by atoms with Gasteiger partial charge in [0.25, 0.3) is 0 Å². The van der Waals surface area contributed by atoms with E-state index in [0.717, 1.165) is 38.5 Å². The molecule has 0 saturated heterocycles. The summed E-state index contributed by atoms with van der Waals surface area (Å²) in [5.74, 6) is -1.46. The Balaban J connectivity index is 1.86. The Morgan fingerprint density at radius 2 is 1.63 bits per heavy atom. The van der Waals surface area contributed by atoms with Crippen molar-refractivity contribution in [3.05, 3.63) is 0 Å². The van der Waals surface area contributed by atoms with Gasteiger partial charge in [-0.05, 0) is 32.1 Å². The van der Waals surface area contributed by atoms with E-state index in [1.807, 2.05) is 0 Å². The van der Waals surface area contributed by atoms with Gasteiger partial charge in [-0.1, -0.05) is 19.3 Å². The highest BCUT2D eigenvalue weighted by Gasteiger charge is 2.33. The highest BCUT2D eigenvalue weighted by molar-refractivity contribution is 5.80. The minimum Gasteiger partial charge on any atom is -0.481 e. The summed E-state index contributed by atoms with van der Waals surface area (Å²) in [6.45, 7) is 0. The number of carbonyl (C=O) groups excluding carboxylic acids is 1. The molecule has 0 aromatic rings. The van der Waals surface area contributed by atoms with E-state index in [-0.39, 0.29) is 23.8 Å². The maximum absolute atomic E-state index is 12.2. The molecule has 2 rings (SSSR count). The highest BCUT2D eigenvalue weighted by Crippen LogP contribution is 2.30. The van der Waals surface area contributed by atoms with Crippen LogP contribution in [0.15, 0.2) is 0 Å². The second-order valence-corrected chi connectivity index (χ2v) is 5.87. The molecular weight excluding hydrogens is 246 g/mol. The van der Waals surface area contributed by atoms with Gasteiger partial charge in [0, 0.05) is 5.92 Å². The number of carboxylic acid groups (broad SMARTS) is 1. The van der Waals surface area contributed by atoms with E-state index in [9.17, 15) is 14.7 Å². The van der Waals surface area contributed by atoms with Crippen LogP contribution in [0.4, 0.5) is 0 Å². The van der Waals surface area contributed by atoms with Crippen LogP contribution >= 0.6 is 0 Å². The van der Waals surface area contributed by atoms with Crippen molar-refractivity contribution in [2.24, 2.45) is 11.8 Å². The molecule has 2 fully saturated rings. The lowest BCUT2D eigenvalue weighted by Crippen LogP contribution is -2.48. The fourth-order valence-electron chi connectivity index (χ4n) is 3.23. The van der Waals surface area contributed by atoms with Gasteiger partial charge in [-0.2, -0.15) is 0 Å². The van der Waals surface area contributed by atoms with Gasteiger partial charge in [-0.25, -0.2) is 0 Å². The lowest BCUT2D eigenvalue weighted by Gasteiger charge is -2.31. The zero-order chi connectivity index (χ0) is 13.8. The minimum atomic E-state index is -0.796. The first kappa shape index (κ1) is 14.3. The number of carboxylic acids is 1. The van der Waals surface area contributed by atoms with Crippen LogP contribution in [0, 0.1) is 11.8 Å². The van der Waals surface area contributed by atoms with Gasteiger partial charge in [0.2, 0.25) is 5.91 Å². The lowest BCUT2D eigenvalue weighted by atomic mass is 9.80. The molecule has 1 amide bonds. The summed E-state index contributed by atoms with van der Waals surface area (Å²) in [6, 6.07) is -0.147. The number of aliphatic hydroxyl groups excluding tert-OH is 1. The van der Waals surface area contributed by atoms with Crippen molar-refractivity contribution in [3.8, 4) is 0 Å². The third-order valence-electron chi connectivity index (χ3n) is 4.45. The smallest absolute Gasteiger partial charge is 0.306 e. The Kier molecular flexibility index (Phi) is 4.80. The average Bonchev–Trinajstić information content (AvgIpc) is 2.41. The molecule has 0 aliphatic heterocycles. The van der Waals surface area contributed by atoms with Crippen molar-refractivity contribution in [2.45, 2.75) is 63.5 Å². The molecule has 4 atom stereocenters. The standard InChI is InChI=1S/C14H23NO4/c16-12-7-2-1-6-11(12)15-13(17)9-4-3-5-10(8-9)14(18)19/h9-12,16H,1-8H2,(H,15,17)(H,18,19). The third kappa shape index (κ3) is 3.69. The van der Waals surface area contributed by atoms with Crippen molar-refractivity contribution < 1.29 is 19.8 Å². The summed E-state index contributed by atoms with van der Waals surface area (Å²) >= 11 is 0. The third-order valence-corrected chi connectivity index (χ3v) is 4.45. The Bertz CT molecular complexity index is 344. The van der Waals surface area contributed by atoms with Gasteiger partial charge in [0.1, 0.15) is 0 Å². The van der Waals surface area contributed by atoms with Crippen molar-refractivity contribution >= 4 is 11.9 Å². The number of rotatable bonds is 3. The topological polar surface area (TPSA) is 86.6 Å². The molecule has 0 aromatic heterocycles. The molecule has 2 aliphatic carbocycles. The predicted octanol–water partition coefficient (Wildman–Crippen LogP) is 1.30. The quantitative estimate of drug-likeness (QED) is 0.720. The molecule has 19 heavy (non-hydrogen) atoms. The minimum absolute atomic E-state index is 0.0723. The van der Waals surface area contributed by atoms with E-state index in [1.54, 1.807) is 0 Å². The van der Waals surface area contributed by atoms with Crippen LogP contribution in [0.5, 0.6) is 0 Å². The summed E-state index contributed by atoms with van der Waals surface area (Å²) in [5, 5.41) is 21.8. The number of hydrogen-bond acceptors (Lipinski definition) is 3. The van der Waals surface area contributed by atoms with Crippen LogP contribution in [0.25, 0.3) is 0 Å². The Morgan fingerprint density at radius 1 is 0.947 bits per heavy atom. The van der Waals surface area contributed by atoms with Crippen LogP contribution in [0.3, 0.4) is 0 Å². The Labute approximate surface area is 113 Å². The maximum Gasteiger partial charge on any atom is 0.306 e. The van der Waals surface area contributed by atoms with Crippen LogP contribution in [0.2, 0.25) is 0 Å². The number of aliphatic hydroxyl groups is 1. The molecule has 2 aliphatic rings. The molecule has 2 saturated carbocycles. The first-order valence-corrected chi connectivity index (χ1v) is 7.29. The average molecular weight is 269 g/mol. The van der Waals surface area contributed by atoms with Gasteiger partial charge in [0.15, 0.2) is 0 Å². The summed E-state index contributed by atoms with van der Waals surface area (Å²) in [5.41, 5.74) is 0. The van der Waals surface area contributed by atoms with E-state index in [4.69, 9.17) is 5.11 Å². The number of amides is 1. The van der Waals surface area contributed by atoms with Crippen LogP contribution < -0.4 is 5.32 Å². The SMILES string of the molecule is O=C(O)C1CCCC(C(=O)NC2CCCCC2O)C1. The fourth-order valence-corrected chi connectivity index (χ4v) is 3.23. The van der Waals surface area contributed by atoms with E-state index in [1.165, 1.54) is 0 Å². The molecule has 3 N–H and O–H groups in total. The van der Waals surface area contributed by atoms with Crippen molar-refractivity contribution in [2.75, 3.05) is 0 Å². The molecule has 0 heterocycles. The Hall–Kier alpha value is -1.10. The molecule has 108 valence electrons. The molecule has 5 heteroatoms. The zero-order valence-electron chi connectivity index (χ0n) is 11.2. The van der Waals surface area contributed by atoms with Crippen molar-refractivity contribution in [1.82, 2.24) is 5.32 Å². The first-order valence-electron chi connectivity index (χ1n) is 7.29. The van der Waals surface area contributed by atoms with E-state index < -0.39 is 12.1 Å². The molecule has 0 spiro atoms. The zero-order valence-corrected chi connectivity index (χ0v) is 11.2. The highest BCUT2D eigenvalue weighted by atomic mass is 16.4. The van der Waals surface area contributed by atoms with Gasteiger partial charge >= 0.3 is 5.97 Å². The molecule has 4 unspecified atom stereocenters. The van der Waals surface area contributed by atoms with Crippen molar-refractivity contribution in [3.63, 3.8) is 0 Å². The van der Waals surface area contributed by atoms with E-state index >= 15 is 0 Å². The van der Waals surface area contributed by atoms with Gasteiger partial charge < -0.3 is 15.5 Å². The monoisotopic (exact) mass is 269 g/mol. The van der Waals surface area contributed by atoms with Crippen LogP contribution in [-0.2, 0) is 9.59 Å². The lowest BCUT2D eigenvalue weighted by molar-refractivity contribution is -0.144. The van der Waals surface area contributed by atoms with E-state index in [2.05, 4.69) is 5.32 Å². The molecular formula is C14H23NO4. The van der Waals surface area contributed by atoms with Crippen LogP contribution in [-0.4, -0.2) is 34.2 Å². The maximum atomic E-state index is 12.2. The normalized spacial score (nSPS) is 35.6. The van der Waals surface area contributed by atoms with Gasteiger partial charge in [0.05, 0.1) is 18.1 Å². The number of aliphatic carboxylic acids is 1. The molecule has 0 bridgehead atoms. The van der Waals surface area contributed by atoms with Crippen LogP contribution in [0.1, 0.15) is 51.4 Å². The Morgan fingerprint density at radius 3 is 2.32 bits per heavy atom. The van der Waals surface area contributed by atoms with Crippen molar-refractivity contribution in [1.29, 1.82) is 0 Å². The summed E-state index contributed by atoms with van der Waals surface area (Å²) < 4.78 is 0. The molecule has 0 radical (unpaired) electrons. The predicted molar refractivity (Wildman–Crippen MR) is 69.5 cm³/mol. The molecule has 0 aromatic carbocycles. The molecule has 5 nitrogen and oxygen atoms in total. The van der Waals surface area contributed by atoms with E-state index in [0.29, 0.717) is 12.8 Å². The summed E-state index contributed by atoms with van der Waals surface area (Å²) in [6.07, 6.45) is 5.82. The number of hydrogen-bond donors (Lipinski definition) is 3. The largest absolute Gasteiger partial charge is 0.481 e. The fraction of sp³-hybridized carbons (Fsp3) is 0.857. The summed E-state index contributed by atoms with van der Waals surface area (Å²) in [4.78, 5) is 23.2. The number of nitrogens with one attached hydrogen (secondary N) is 1. The van der Waals surface area contributed by atoms with Gasteiger partial charge in [-0.3, -0.25) is 9.59 Å².